The number of hydrogen-bond acceptors (Lipinski definition) is 6. The lowest BCUT2D eigenvalue weighted by Crippen LogP contribution is -2.07. The predicted molar refractivity (Wildman–Crippen MR) is 92.2 cm³/mol. The predicted octanol–water partition coefficient (Wildman–Crippen LogP) is 4.17. The van der Waals surface area contributed by atoms with E-state index in [2.05, 4.69) is 15.9 Å². The lowest BCUT2D eigenvalue weighted by Gasteiger charge is -2.06. The molecule has 1 aromatic carbocycles. The maximum atomic E-state index is 12.2. The highest BCUT2D eigenvalue weighted by molar-refractivity contribution is 9.10. The minimum Gasteiger partial charge on any atom is -0.466 e. The zero-order valence-electron chi connectivity index (χ0n) is 12.9. The van der Waals surface area contributed by atoms with Gasteiger partial charge in [-0.05, 0) is 46.4 Å². The largest absolute Gasteiger partial charge is 0.466 e. The molecule has 0 aliphatic heterocycles. The van der Waals surface area contributed by atoms with Crippen molar-refractivity contribution in [2.45, 2.75) is 19.8 Å². The van der Waals surface area contributed by atoms with Gasteiger partial charge in [0.2, 0.25) is 0 Å². The van der Waals surface area contributed by atoms with Crippen molar-refractivity contribution >= 4 is 49.1 Å². The van der Waals surface area contributed by atoms with E-state index in [-0.39, 0.29) is 31.4 Å². The average Bonchev–Trinajstić information content (AvgIpc) is 2.93. The van der Waals surface area contributed by atoms with E-state index in [4.69, 9.17) is 14.2 Å². The molecule has 0 amide bonds. The molecule has 1 aromatic heterocycles. The van der Waals surface area contributed by atoms with Crippen molar-refractivity contribution in [1.29, 1.82) is 0 Å². The van der Waals surface area contributed by atoms with Crippen molar-refractivity contribution in [3.8, 4) is 5.75 Å². The minimum atomic E-state index is -0.347. The molecule has 7 heteroatoms. The van der Waals surface area contributed by atoms with Gasteiger partial charge in [-0.25, -0.2) is 0 Å². The third kappa shape index (κ3) is 4.76. The van der Waals surface area contributed by atoms with Crippen molar-refractivity contribution in [1.82, 2.24) is 0 Å². The summed E-state index contributed by atoms with van der Waals surface area (Å²) in [4.78, 5) is 24.2. The van der Waals surface area contributed by atoms with Gasteiger partial charge in [-0.1, -0.05) is 0 Å². The molecule has 0 radical (unpaired) electrons. The lowest BCUT2D eigenvalue weighted by atomic mass is 10.1. The minimum absolute atomic E-state index is 0.0604. The summed E-state index contributed by atoms with van der Waals surface area (Å²) in [7, 11) is 1.55. The molecule has 0 fully saturated rings. The Morgan fingerprint density at radius 2 is 2.00 bits per heavy atom. The number of Topliss-reactive ketones (excluding diaryl/α,β-unsaturated/α-hetero) is 1. The fraction of sp³-hybridized carbons (Fsp3) is 0.375. The van der Waals surface area contributed by atoms with Crippen LogP contribution < -0.4 is 4.74 Å². The maximum absolute atomic E-state index is 12.2. The Bertz CT molecular complexity index is 710. The fourth-order valence-corrected chi connectivity index (χ4v) is 3.50. The number of fused-ring (bicyclic) bond motifs is 1. The van der Waals surface area contributed by atoms with E-state index < -0.39 is 0 Å². The van der Waals surface area contributed by atoms with E-state index >= 15 is 0 Å². The second-order valence-electron chi connectivity index (χ2n) is 4.71. The average molecular weight is 401 g/mol. The van der Waals surface area contributed by atoms with Crippen LogP contribution in [-0.2, 0) is 14.3 Å². The molecule has 0 bridgehead atoms. The van der Waals surface area contributed by atoms with Crippen molar-refractivity contribution in [2.75, 3.05) is 20.5 Å². The molecule has 1 heterocycles. The number of ketones is 1. The van der Waals surface area contributed by atoms with Gasteiger partial charge in [-0.15, -0.1) is 11.3 Å². The van der Waals surface area contributed by atoms with Gasteiger partial charge < -0.3 is 14.2 Å². The molecular formula is C16H17BrO5S. The molecule has 2 aromatic rings. The number of rotatable bonds is 8. The van der Waals surface area contributed by atoms with Crippen LogP contribution in [0.5, 0.6) is 5.75 Å². The van der Waals surface area contributed by atoms with Crippen LogP contribution in [0.1, 0.15) is 29.4 Å². The second kappa shape index (κ2) is 8.42. The van der Waals surface area contributed by atoms with Crippen molar-refractivity contribution in [2.24, 2.45) is 0 Å². The van der Waals surface area contributed by atoms with Gasteiger partial charge in [0.05, 0.1) is 22.4 Å². The van der Waals surface area contributed by atoms with E-state index in [1.165, 1.54) is 11.3 Å². The molecule has 0 saturated carbocycles. The van der Waals surface area contributed by atoms with Crippen LogP contribution in [-0.4, -0.2) is 32.3 Å². The van der Waals surface area contributed by atoms with Crippen LogP contribution >= 0.6 is 27.3 Å². The van der Waals surface area contributed by atoms with E-state index in [0.717, 1.165) is 14.6 Å². The highest BCUT2D eigenvalue weighted by Gasteiger charge is 2.14. The Kier molecular flexibility index (Phi) is 6.56. The summed E-state index contributed by atoms with van der Waals surface area (Å²) in [6.07, 6.45) is 0.257. The summed E-state index contributed by atoms with van der Waals surface area (Å²) >= 11 is 4.82. The van der Waals surface area contributed by atoms with Crippen molar-refractivity contribution in [3.05, 3.63) is 27.5 Å². The summed E-state index contributed by atoms with van der Waals surface area (Å²) < 4.78 is 16.9. The highest BCUT2D eigenvalue weighted by Crippen LogP contribution is 2.35. The van der Waals surface area contributed by atoms with E-state index in [1.807, 2.05) is 18.2 Å². The molecule has 2 rings (SSSR count). The molecule has 0 atom stereocenters. The molecule has 0 N–H and O–H groups in total. The molecule has 0 aliphatic carbocycles. The Labute approximate surface area is 146 Å². The molecule has 5 nitrogen and oxygen atoms in total. The van der Waals surface area contributed by atoms with Crippen molar-refractivity contribution < 1.29 is 23.8 Å². The number of carbonyl (C=O) groups is 2. The molecular weight excluding hydrogens is 384 g/mol. The van der Waals surface area contributed by atoms with Crippen LogP contribution in [0.25, 0.3) is 10.1 Å². The third-order valence-electron chi connectivity index (χ3n) is 3.04. The summed E-state index contributed by atoms with van der Waals surface area (Å²) in [5.41, 5.74) is 0. The fourth-order valence-electron chi connectivity index (χ4n) is 1.98. The number of hydrogen-bond donors (Lipinski definition) is 0. The first kappa shape index (κ1) is 17.9. The van der Waals surface area contributed by atoms with E-state index in [1.54, 1.807) is 14.0 Å². The SMILES string of the molecule is CCOC(=O)CCC(=O)c1cc2cc(Br)c(OCOC)cc2s1. The monoisotopic (exact) mass is 400 g/mol. The van der Waals surface area contributed by atoms with Crippen LogP contribution in [0.4, 0.5) is 0 Å². The van der Waals surface area contributed by atoms with Crippen LogP contribution in [0.3, 0.4) is 0 Å². The summed E-state index contributed by atoms with van der Waals surface area (Å²) in [5, 5.41) is 0.950. The van der Waals surface area contributed by atoms with Gasteiger partial charge in [0.15, 0.2) is 12.6 Å². The first-order valence-corrected chi connectivity index (χ1v) is 8.69. The number of carbonyl (C=O) groups excluding carboxylic acids is 2. The van der Waals surface area contributed by atoms with Gasteiger partial charge in [-0.2, -0.15) is 0 Å². The molecule has 0 saturated heterocycles. The smallest absolute Gasteiger partial charge is 0.306 e. The zero-order chi connectivity index (χ0) is 16.8. The molecule has 23 heavy (non-hydrogen) atoms. The maximum Gasteiger partial charge on any atom is 0.306 e. The Balaban J connectivity index is 2.13. The zero-order valence-corrected chi connectivity index (χ0v) is 15.3. The molecule has 124 valence electrons. The normalized spacial score (nSPS) is 10.7. The van der Waals surface area contributed by atoms with Crippen LogP contribution in [0, 0.1) is 0 Å². The van der Waals surface area contributed by atoms with Gasteiger partial charge >= 0.3 is 5.97 Å². The van der Waals surface area contributed by atoms with Gasteiger partial charge in [0.25, 0.3) is 0 Å². The first-order chi connectivity index (χ1) is 11.0. The molecule has 0 unspecified atom stereocenters. The Hall–Kier alpha value is -1.44. The van der Waals surface area contributed by atoms with Gasteiger partial charge in [-0.3, -0.25) is 9.59 Å². The van der Waals surface area contributed by atoms with Crippen LogP contribution in [0.2, 0.25) is 0 Å². The Morgan fingerprint density at radius 1 is 1.22 bits per heavy atom. The number of esters is 1. The highest BCUT2D eigenvalue weighted by atomic mass is 79.9. The van der Waals surface area contributed by atoms with Gasteiger partial charge in [0, 0.05) is 18.2 Å². The van der Waals surface area contributed by atoms with E-state index in [0.29, 0.717) is 17.2 Å². The third-order valence-corrected chi connectivity index (χ3v) is 4.80. The Morgan fingerprint density at radius 3 is 2.70 bits per heavy atom. The number of methoxy groups -OCH3 is 1. The summed E-state index contributed by atoms with van der Waals surface area (Å²) in [5.74, 6) is 0.251. The number of benzene rings is 1. The quantitative estimate of drug-likeness (QED) is 0.378. The molecule has 0 spiro atoms. The van der Waals surface area contributed by atoms with Crippen LogP contribution in [0.15, 0.2) is 22.7 Å². The standard InChI is InChI=1S/C16H17BrO5S/c1-3-21-16(19)5-4-12(18)15-7-10-6-11(17)13(22-9-20-2)8-14(10)23-15/h6-8H,3-5,9H2,1-2H3. The second-order valence-corrected chi connectivity index (χ2v) is 6.65. The molecule has 0 aliphatic rings. The topological polar surface area (TPSA) is 61.8 Å². The summed E-state index contributed by atoms with van der Waals surface area (Å²) in [6, 6.07) is 5.60. The lowest BCUT2D eigenvalue weighted by molar-refractivity contribution is -0.143. The summed E-state index contributed by atoms with van der Waals surface area (Å²) in [6.45, 7) is 2.22. The van der Waals surface area contributed by atoms with Crippen molar-refractivity contribution in [3.63, 3.8) is 0 Å². The number of thiophene rings is 1. The van der Waals surface area contributed by atoms with E-state index in [9.17, 15) is 9.59 Å². The first-order valence-electron chi connectivity index (χ1n) is 7.08. The number of ether oxygens (including phenoxy) is 3. The van der Waals surface area contributed by atoms with Gasteiger partial charge in [0.1, 0.15) is 5.75 Å². The number of halogens is 1.